The van der Waals surface area contributed by atoms with Crippen LogP contribution >= 0.6 is 0 Å². The molecule has 5 nitrogen and oxygen atoms in total. The summed E-state index contributed by atoms with van der Waals surface area (Å²) in [6.07, 6.45) is 6.33. The molecule has 3 N–H and O–H groups in total. The molecule has 0 bridgehead atoms. The quantitative estimate of drug-likeness (QED) is 0.703. The van der Waals surface area contributed by atoms with Gasteiger partial charge in [0.25, 0.3) is 0 Å². The highest BCUT2D eigenvalue weighted by molar-refractivity contribution is 5.75. The molecule has 18 heavy (non-hydrogen) atoms. The van der Waals surface area contributed by atoms with E-state index in [2.05, 4.69) is 17.4 Å². The van der Waals surface area contributed by atoms with Crippen molar-refractivity contribution >= 4 is 5.91 Å². The molecule has 0 aliphatic heterocycles. The number of amides is 1. The predicted octanol–water partition coefficient (Wildman–Crippen LogP) is 1.84. The van der Waals surface area contributed by atoms with Gasteiger partial charge in [-0.2, -0.15) is 0 Å². The van der Waals surface area contributed by atoms with Crippen LogP contribution in [0, 0.1) is 5.92 Å². The third-order valence-corrected chi connectivity index (χ3v) is 3.00. The first-order valence-corrected chi connectivity index (χ1v) is 6.62. The van der Waals surface area contributed by atoms with Gasteiger partial charge >= 0.3 is 0 Å². The molecule has 1 amide bonds. The largest absolute Gasteiger partial charge is 0.360 e. The number of rotatable bonds is 9. The molecule has 0 aliphatic carbocycles. The van der Waals surface area contributed by atoms with E-state index in [-0.39, 0.29) is 5.91 Å². The molecule has 1 rings (SSSR count). The fraction of sp³-hybridized carbons (Fsp3) is 0.692. The van der Waals surface area contributed by atoms with Gasteiger partial charge < -0.3 is 15.6 Å². The average Bonchev–Trinajstić information content (AvgIpc) is 2.87. The van der Waals surface area contributed by atoms with Crippen molar-refractivity contribution in [3.63, 3.8) is 0 Å². The minimum absolute atomic E-state index is 0.0597. The van der Waals surface area contributed by atoms with Crippen LogP contribution in [0.25, 0.3) is 0 Å². The second kappa shape index (κ2) is 8.69. The maximum Gasteiger partial charge on any atom is 0.220 e. The fourth-order valence-electron chi connectivity index (χ4n) is 2.02. The summed E-state index contributed by atoms with van der Waals surface area (Å²) in [7, 11) is 0. The Morgan fingerprint density at radius 1 is 1.50 bits per heavy atom. The van der Waals surface area contributed by atoms with E-state index in [0.717, 1.165) is 25.7 Å². The van der Waals surface area contributed by atoms with Gasteiger partial charge in [-0.15, -0.1) is 0 Å². The maximum atomic E-state index is 11.6. The summed E-state index contributed by atoms with van der Waals surface area (Å²) in [5.41, 5.74) is 5.57. The average molecular weight is 253 g/mol. The molecular weight excluding hydrogens is 230 g/mol. The van der Waals surface area contributed by atoms with Gasteiger partial charge in [0.15, 0.2) is 5.76 Å². The third kappa shape index (κ3) is 5.82. The number of nitrogens with zero attached hydrogens (tertiary/aromatic N) is 1. The second-order valence-electron chi connectivity index (χ2n) is 4.53. The Labute approximate surface area is 108 Å². The van der Waals surface area contributed by atoms with Gasteiger partial charge in [-0.3, -0.25) is 4.79 Å². The Bertz CT molecular complexity index is 319. The molecule has 0 radical (unpaired) electrons. The number of carbonyl (C=O) groups excluding carboxylic acids is 1. The standard InChI is InChI=1S/C13H23N3O2/c1-2-3-11(6-8-14)4-5-13(17)15-10-12-7-9-16-18-12/h7,9,11H,2-6,8,10,14H2,1H3,(H,15,17). The molecule has 0 saturated carbocycles. The number of aromatic nitrogens is 1. The summed E-state index contributed by atoms with van der Waals surface area (Å²) in [4.78, 5) is 11.6. The van der Waals surface area contributed by atoms with Crippen LogP contribution in [-0.4, -0.2) is 17.6 Å². The van der Waals surface area contributed by atoms with Gasteiger partial charge in [0, 0.05) is 12.5 Å². The van der Waals surface area contributed by atoms with E-state index < -0.39 is 0 Å². The summed E-state index contributed by atoms with van der Waals surface area (Å²) < 4.78 is 4.91. The second-order valence-corrected chi connectivity index (χ2v) is 4.53. The molecule has 1 heterocycles. The Kier molecular flexibility index (Phi) is 7.10. The van der Waals surface area contributed by atoms with Crippen molar-refractivity contribution in [2.45, 2.75) is 45.6 Å². The third-order valence-electron chi connectivity index (χ3n) is 3.00. The zero-order valence-corrected chi connectivity index (χ0v) is 11.0. The molecule has 0 aliphatic rings. The predicted molar refractivity (Wildman–Crippen MR) is 69.7 cm³/mol. The first kappa shape index (κ1) is 14.7. The van der Waals surface area contributed by atoms with Crippen molar-refractivity contribution in [3.05, 3.63) is 18.0 Å². The lowest BCUT2D eigenvalue weighted by atomic mass is 9.94. The highest BCUT2D eigenvalue weighted by Crippen LogP contribution is 2.16. The van der Waals surface area contributed by atoms with Crippen molar-refractivity contribution in [1.82, 2.24) is 10.5 Å². The molecule has 0 aromatic carbocycles. The van der Waals surface area contributed by atoms with E-state index in [1.807, 2.05) is 0 Å². The van der Waals surface area contributed by atoms with Crippen LogP contribution in [-0.2, 0) is 11.3 Å². The first-order valence-electron chi connectivity index (χ1n) is 6.62. The van der Waals surface area contributed by atoms with E-state index >= 15 is 0 Å². The van der Waals surface area contributed by atoms with Crippen molar-refractivity contribution in [2.75, 3.05) is 6.54 Å². The van der Waals surface area contributed by atoms with Crippen LogP contribution in [0.1, 0.15) is 44.8 Å². The highest BCUT2D eigenvalue weighted by Gasteiger charge is 2.10. The molecule has 0 fully saturated rings. The van der Waals surface area contributed by atoms with Gasteiger partial charge in [-0.1, -0.05) is 24.9 Å². The SMILES string of the molecule is CCCC(CCN)CCC(=O)NCc1ccno1. The van der Waals surface area contributed by atoms with E-state index in [9.17, 15) is 4.79 Å². The zero-order chi connectivity index (χ0) is 13.2. The molecule has 1 unspecified atom stereocenters. The lowest BCUT2D eigenvalue weighted by Crippen LogP contribution is -2.23. The summed E-state index contributed by atoms with van der Waals surface area (Å²) in [5, 5.41) is 6.40. The zero-order valence-electron chi connectivity index (χ0n) is 11.0. The maximum absolute atomic E-state index is 11.6. The summed E-state index contributed by atoms with van der Waals surface area (Å²) >= 11 is 0. The number of hydrogen-bond acceptors (Lipinski definition) is 4. The molecule has 5 heteroatoms. The van der Waals surface area contributed by atoms with Gasteiger partial charge in [-0.25, -0.2) is 0 Å². The minimum atomic E-state index is 0.0597. The minimum Gasteiger partial charge on any atom is -0.360 e. The number of nitrogens with one attached hydrogen (secondary N) is 1. The molecule has 1 aromatic rings. The van der Waals surface area contributed by atoms with Gasteiger partial charge in [0.2, 0.25) is 5.91 Å². The molecule has 0 spiro atoms. The number of nitrogens with two attached hydrogens (primary N) is 1. The summed E-state index contributed by atoms with van der Waals surface area (Å²) in [6, 6.07) is 1.74. The lowest BCUT2D eigenvalue weighted by Gasteiger charge is -2.14. The molecule has 1 atom stereocenters. The summed E-state index contributed by atoms with van der Waals surface area (Å²) in [5.74, 6) is 1.30. The van der Waals surface area contributed by atoms with Gasteiger partial charge in [0.1, 0.15) is 0 Å². The summed E-state index contributed by atoms with van der Waals surface area (Å²) in [6.45, 7) is 3.27. The van der Waals surface area contributed by atoms with Crippen molar-refractivity contribution in [2.24, 2.45) is 11.7 Å². The van der Waals surface area contributed by atoms with E-state index in [4.69, 9.17) is 10.3 Å². The van der Waals surface area contributed by atoms with Crippen molar-refractivity contribution in [1.29, 1.82) is 0 Å². The normalized spacial score (nSPS) is 12.3. The van der Waals surface area contributed by atoms with Crippen LogP contribution in [0.4, 0.5) is 0 Å². The van der Waals surface area contributed by atoms with E-state index in [0.29, 0.717) is 31.2 Å². The Balaban J connectivity index is 2.18. The van der Waals surface area contributed by atoms with Crippen LogP contribution in [0.3, 0.4) is 0 Å². The van der Waals surface area contributed by atoms with E-state index in [1.165, 1.54) is 0 Å². The Hall–Kier alpha value is -1.36. The number of carbonyl (C=O) groups is 1. The van der Waals surface area contributed by atoms with Crippen molar-refractivity contribution < 1.29 is 9.32 Å². The topological polar surface area (TPSA) is 81.2 Å². The molecule has 102 valence electrons. The van der Waals surface area contributed by atoms with Gasteiger partial charge in [0.05, 0.1) is 12.7 Å². The lowest BCUT2D eigenvalue weighted by molar-refractivity contribution is -0.121. The van der Waals surface area contributed by atoms with E-state index in [1.54, 1.807) is 12.3 Å². The Morgan fingerprint density at radius 3 is 2.94 bits per heavy atom. The molecule has 1 aromatic heterocycles. The number of hydrogen-bond donors (Lipinski definition) is 2. The smallest absolute Gasteiger partial charge is 0.220 e. The van der Waals surface area contributed by atoms with Crippen LogP contribution < -0.4 is 11.1 Å². The first-order chi connectivity index (χ1) is 8.76. The Morgan fingerprint density at radius 2 is 2.33 bits per heavy atom. The van der Waals surface area contributed by atoms with Crippen molar-refractivity contribution in [3.8, 4) is 0 Å². The fourth-order valence-corrected chi connectivity index (χ4v) is 2.02. The molecule has 0 saturated heterocycles. The van der Waals surface area contributed by atoms with Gasteiger partial charge in [-0.05, 0) is 25.3 Å². The highest BCUT2D eigenvalue weighted by atomic mass is 16.5. The molecular formula is C13H23N3O2. The van der Waals surface area contributed by atoms with Crippen LogP contribution in [0.15, 0.2) is 16.8 Å². The van der Waals surface area contributed by atoms with Crippen LogP contribution in [0.5, 0.6) is 0 Å². The van der Waals surface area contributed by atoms with Crippen LogP contribution in [0.2, 0.25) is 0 Å². The monoisotopic (exact) mass is 253 g/mol.